The van der Waals surface area contributed by atoms with Crippen LogP contribution in [0, 0.1) is 11.3 Å². The molecule has 1 unspecified atom stereocenters. The van der Waals surface area contributed by atoms with Crippen LogP contribution in [0.25, 0.3) is 0 Å². The smallest absolute Gasteiger partial charge is 0.323 e. The van der Waals surface area contributed by atoms with Crippen molar-refractivity contribution in [2.45, 2.75) is 19.3 Å². The molecule has 4 heteroatoms. The lowest BCUT2D eigenvalue weighted by molar-refractivity contribution is -0.168. The Labute approximate surface area is 125 Å². The van der Waals surface area contributed by atoms with Gasteiger partial charge in [0.05, 0.1) is 14.2 Å². The van der Waals surface area contributed by atoms with Crippen molar-refractivity contribution in [3.8, 4) is 0 Å². The molecule has 1 aliphatic rings. The molecule has 1 fully saturated rings. The Morgan fingerprint density at radius 1 is 1.29 bits per heavy atom. The molecule has 0 bridgehead atoms. The molecular formula is C17H22O4. The fraction of sp³-hybridized carbons (Fsp3) is 0.412. The second-order valence-corrected chi connectivity index (χ2v) is 4.98. The quantitative estimate of drug-likeness (QED) is 0.326. The van der Waals surface area contributed by atoms with Gasteiger partial charge in [-0.15, -0.1) is 6.58 Å². The molecule has 0 saturated heterocycles. The molecule has 1 rings (SSSR count). The largest absolute Gasteiger partial charge is 0.468 e. The van der Waals surface area contributed by atoms with Gasteiger partial charge in [0, 0.05) is 0 Å². The molecule has 1 atom stereocenters. The number of allylic oxidation sites excluding steroid dienone is 6. The van der Waals surface area contributed by atoms with Crippen molar-refractivity contribution in [2.75, 3.05) is 14.2 Å². The molecule has 0 N–H and O–H groups in total. The minimum atomic E-state index is -1.26. The third kappa shape index (κ3) is 3.51. The molecule has 0 heterocycles. The number of hydrogen-bond acceptors (Lipinski definition) is 4. The van der Waals surface area contributed by atoms with Crippen molar-refractivity contribution in [1.29, 1.82) is 0 Å². The Hall–Kier alpha value is -2.10. The predicted molar refractivity (Wildman–Crippen MR) is 81.4 cm³/mol. The fourth-order valence-corrected chi connectivity index (χ4v) is 2.71. The van der Waals surface area contributed by atoms with Crippen LogP contribution < -0.4 is 0 Å². The average molecular weight is 290 g/mol. The van der Waals surface area contributed by atoms with Crippen LogP contribution in [0.15, 0.2) is 49.1 Å². The van der Waals surface area contributed by atoms with Crippen molar-refractivity contribution in [3.05, 3.63) is 49.1 Å². The van der Waals surface area contributed by atoms with Gasteiger partial charge >= 0.3 is 11.9 Å². The molecule has 0 aliphatic heterocycles. The minimum Gasteiger partial charge on any atom is -0.468 e. The van der Waals surface area contributed by atoms with E-state index in [2.05, 4.69) is 13.2 Å². The van der Waals surface area contributed by atoms with Crippen molar-refractivity contribution in [3.63, 3.8) is 0 Å². The first-order chi connectivity index (χ1) is 10.1. The number of rotatable bonds is 6. The summed E-state index contributed by atoms with van der Waals surface area (Å²) in [5.74, 6) is -1.11. The van der Waals surface area contributed by atoms with Crippen LogP contribution in [0.1, 0.15) is 19.3 Å². The topological polar surface area (TPSA) is 52.6 Å². The highest BCUT2D eigenvalue weighted by atomic mass is 16.5. The SMILES string of the molecule is C=C/C=C\C1CC(C(=O)OC)(C(=O)OC)C/C1=C\CC=C. The lowest BCUT2D eigenvalue weighted by Gasteiger charge is -2.22. The summed E-state index contributed by atoms with van der Waals surface area (Å²) in [7, 11) is 2.57. The second kappa shape index (κ2) is 7.62. The first-order valence-corrected chi connectivity index (χ1v) is 6.81. The van der Waals surface area contributed by atoms with E-state index >= 15 is 0 Å². The Kier molecular flexibility index (Phi) is 6.15. The van der Waals surface area contributed by atoms with Gasteiger partial charge in [0.15, 0.2) is 5.41 Å². The van der Waals surface area contributed by atoms with Crippen LogP contribution >= 0.6 is 0 Å². The van der Waals surface area contributed by atoms with E-state index in [1.54, 1.807) is 12.2 Å². The molecule has 0 aromatic carbocycles. The Morgan fingerprint density at radius 2 is 1.90 bits per heavy atom. The second-order valence-electron chi connectivity index (χ2n) is 4.98. The number of ether oxygens (including phenoxy) is 2. The zero-order valence-electron chi connectivity index (χ0n) is 12.6. The van der Waals surface area contributed by atoms with E-state index in [-0.39, 0.29) is 5.92 Å². The highest BCUT2D eigenvalue weighted by Gasteiger charge is 2.54. The van der Waals surface area contributed by atoms with Gasteiger partial charge in [0.1, 0.15) is 0 Å². The predicted octanol–water partition coefficient (Wildman–Crippen LogP) is 2.97. The Balaban J connectivity index is 3.21. The lowest BCUT2D eigenvalue weighted by atomic mass is 9.85. The summed E-state index contributed by atoms with van der Waals surface area (Å²) in [4.78, 5) is 24.3. The number of hydrogen-bond donors (Lipinski definition) is 0. The van der Waals surface area contributed by atoms with E-state index in [0.717, 1.165) is 5.57 Å². The zero-order valence-corrected chi connectivity index (χ0v) is 12.6. The highest BCUT2D eigenvalue weighted by Crippen LogP contribution is 2.47. The molecule has 0 amide bonds. The Bertz CT molecular complexity index is 469. The maximum Gasteiger partial charge on any atom is 0.323 e. The summed E-state index contributed by atoms with van der Waals surface area (Å²) in [6.45, 7) is 7.33. The maximum absolute atomic E-state index is 12.2. The van der Waals surface area contributed by atoms with E-state index in [9.17, 15) is 9.59 Å². The van der Waals surface area contributed by atoms with Crippen LogP contribution in [0.4, 0.5) is 0 Å². The first kappa shape index (κ1) is 17.0. The average Bonchev–Trinajstić information content (AvgIpc) is 2.89. The van der Waals surface area contributed by atoms with Crippen LogP contribution in [0.2, 0.25) is 0 Å². The van der Waals surface area contributed by atoms with Crippen molar-refractivity contribution >= 4 is 11.9 Å². The molecule has 1 saturated carbocycles. The van der Waals surface area contributed by atoms with Gasteiger partial charge in [-0.25, -0.2) is 0 Å². The van der Waals surface area contributed by atoms with Gasteiger partial charge in [-0.3, -0.25) is 9.59 Å². The number of carbonyl (C=O) groups excluding carboxylic acids is 2. The van der Waals surface area contributed by atoms with Gasteiger partial charge in [-0.1, -0.05) is 42.5 Å². The highest BCUT2D eigenvalue weighted by molar-refractivity contribution is 6.01. The number of methoxy groups -OCH3 is 2. The fourth-order valence-electron chi connectivity index (χ4n) is 2.71. The molecule has 0 aromatic rings. The van der Waals surface area contributed by atoms with Crippen LogP contribution in [-0.4, -0.2) is 26.2 Å². The van der Waals surface area contributed by atoms with Crippen molar-refractivity contribution < 1.29 is 19.1 Å². The zero-order chi connectivity index (χ0) is 15.9. The minimum absolute atomic E-state index is 0.0128. The molecule has 1 aliphatic carbocycles. The van der Waals surface area contributed by atoms with Gasteiger partial charge in [0.25, 0.3) is 0 Å². The van der Waals surface area contributed by atoms with Gasteiger partial charge in [-0.05, 0) is 25.2 Å². The third-order valence-corrected chi connectivity index (χ3v) is 3.73. The van der Waals surface area contributed by atoms with Crippen LogP contribution in [0.3, 0.4) is 0 Å². The third-order valence-electron chi connectivity index (χ3n) is 3.73. The molecule has 114 valence electrons. The standard InChI is InChI=1S/C17H22O4/c1-5-7-9-13-11-17(15(18)20-3,16(19)21-4)12-14(13)10-8-6-2/h5-7,9-10,13H,1-2,8,11-12H2,3-4H3/b9-7-,14-10+. The van der Waals surface area contributed by atoms with E-state index in [1.807, 2.05) is 18.2 Å². The maximum atomic E-state index is 12.2. The number of carbonyl (C=O) groups is 2. The molecule has 21 heavy (non-hydrogen) atoms. The summed E-state index contributed by atoms with van der Waals surface area (Å²) in [5.41, 5.74) is -0.240. The monoisotopic (exact) mass is 290 g/mol. The molecule has 0 radical (unpaired) electrons. The summed E-state index contributed by atoms with van der Waals surface area (Å²) < 4.78 is 9.67. The van der Waals surface area contributed by atoms with Gasteiger partial charge in [0.2, 0.25) is 0 Å². The van der Waals surface area contributed by atoms with Gasteiger partial charge in [-0.2, -0.15) is 0 Å². The van der Waals surface area contributed by atoms with E-state index < -0.39 is 17.4 Å². The van der Waals surface area contributed by atoms with E-state index in [0.29, 0.717) is 19.3 Å². The molecule has 4 nitrogen and oxygen atoms in total. The summed E-state index contributed by atoms with van der Waals surface area (Å²) in [6.07, 6.45) is 10.5. The summed E-state index contributed by atoms with van der Waals surface area (Å²) in [6, 6.07) is 0. The normalized spacial score (nSPS) is 22.2. The van der Waals surface area contributed by atoms with Crippen LogP contribution in [0.5, 0.6) is 0 Å². The summed E-state index contributed by atoms with van der Waals surface area (Å²) in [5, 5.41) is 0. The van der Waals surface area contributed by atoms with E-state index in [4.69, 9.17) is 9.47 Å². The number of esters is 2. The Morgan fingerprint density at radius 3 is 2.38 bits per heavy atom. The molecule has 0 spiro atoms. The summed E-state index contributed by atoms with van der Waals surface area (Å²) >= 11 is 0. The molecular weight excluding hydrogens is 268 g/mol. The molecule has 0 aromatic heterocycles. The van der Waals surface area contributed by atoms with Crippen molar-refractivity contribution in [1.82, 2.24) is 0 Å². The lowest BCUT2D eigenvalue weighted by Crippen LogP contribution is -2.39. The van der Waals surface area contributed by atoms with Crippen molar-refractivity contribution in [2.24, 2.45) is 11.3 Å². The first-order valence-electron chi connectivity index (χ1n) is 6.81. The van der Waals surface area contributed by atoms with Crippen LogP contribution in [-0.2, 0) is 19.1 Å². The van der Waals surface area contributed by atoms with Gasteiger partial charge < -0.3 is 9.47 Å². The van der Waals surface area contributed by atoms with E-state index in [1.165, 1.54) is 14.2 Å².